The lowest BCUT2D eigenvalue weighted by molar-refractivity contribution is -0.156. The summed E-state index contributed by atoms with van der Waals surface area (Å²) in [5.74, 6) is -0.164. The maximum Gasteiger partial charge on any atom is 0.408 e. The average Bonchev–Trinajstić information content (AvgIpc) is 2.58. The number of aliphatic hydroxyl groups excluding tert-OH is 2. The first-order valence-electron chi connectivity index (χ1n) is 8.28. The number of carbonyl (C=O) groups excluding carboxylic acids is 2. The van der Waals surface area contributed by atoms with Gasteiger partial charge < -0.3 is 25.0 Å². The maximum absolute atomic E-state index is 12.3. The van der Waals surface area contributed by atoms with Gasteiger partial charge in [0.2, 0.25) is 0 Å². The molecule has 0 radical (unpaired) electrons. The monoisotopic (exact) mass is 385 g/mol. The molecule has 0 aliphatic heterocycles. The fraction of sp³-hybridized carbons (Fsp3) is 0.556. The number of esters is 1. The first-order valence-corrected chi connectivity index (χ1v) is 9.43. The van der Waals surface area contributed by atoms with E-state index in [1.54, 1.807) is 20.8 Å². The molecule has 0 unspecified atom stereocenters. The summed E-state index contributed by atoms with van der Waals surface area (Å²) in [4.78, 5) is 24.3. The predicted molar refractivity (Wildman–Crippen MR) is 99.8 cm³/mol. The number of nitrogens with one attached hydrogen (secondary N) is 1. The molecule has 1 amide bonds. The van der Waals surface area contributed by atoms with Crippen LogP contribution in [0.15, 0.2) is 30.3 Å². The molecule has 0 heterocycles. The molecule has 1 rings (SSSR count). The Kier molecular flexibility index (Phi) is 9.47. The molecule has 8 heteroatoms. The van der Waals surface area contributed by atoms with E-state index in [4.69, 9.17) is 14.6 Å². The molecule has 0 saturated carbocycles. The molecule has 146 valence electrons. The van der Waals surface area contributed by atoms with Crippen molar-refractivity contribution >= 4 is 23.8 Å². The summed E-state index contributed by atoms with van der Waals surface area (Å²) >= 11 is 1.22. The molecule has 0 bridgehead atoms. The Morgan fingerprint density at radius 3 is 2.42 bits per heavy atom. The fourth-order valence-electron chi connectivity index (χ4n) is 1.82. The largest absolute Gasteiger partial charge is 0.458 e. The van der Waals surface area contributed by atoms with Crippen LogP contribution in [0, 0.1) is 0 Å². The van der Waals surface area contributed by atoms with Gasteiger partial charge in [0.1, 0.15) is 18.2 Å². The summed E-state index contributed by atoms with van der Waals surface area (Å²) in [6, 6.07) is 8.26. The van der Waals surface area contributed by atoms with Crippen LogP contribution >= 0.6 is 11.8 Å². The van der Waals surface area contributed by atoms with Gasteiger partial charge in [-0.05, 0) is 26.3 Å². The smallest absolute Gasteiger partial charge is 0.408 e. The highest BCUT2D eigenvalue weighted by Gasteiger charge is 2.27. The van der Waals surface area contributed by atoms with Crippen LogP contribution in [0.4, 0.5) is 4.79 Å². The van der Waals surface area contributed by atoms with E-state index in [-0.39, 0.29) is 24.7 Å². The highest BCUT2D eigenvalue weighted by atomic mass is 32.2. The van der Waals surface area contributed by atoms with Crippen molar-refractivity contribution in [3.63, 3.8) is 0 Å². The fourth-order valence-corrected chi connectivity index (χ4v) is 2.79. The van der Waals surface area contributed by atoms with Crippen LogP contribution in [0.25, 0.3) is 0 Å². The Bertz CT molecular complexity index is 561. The third-order valence-electron chi connectivity index (χ3n) is 3.00. The number of carbonyl (C=O) groups is 2. The number of ether oxygens (including phenoxy) is 2. The van der Waals surface area contributed by atoms with Crippen molar-refractivity contribution < 1.29 is 29.3 Å². The molecule has 0 spiro atoms. The summed E-state index contributed by atoms with van der Waals surface area (Å²) in [7, 11) is 0. The van der Waals surface area contributed by atoms with E-state index in [0.29, 0.717) is 0 Å². The SMILES string of the molecule is CC(C)(C)OC(=O)[C@H](CSC[C@H](O)CO)NC(=O)OCc1ccccc1. The highest BCUT2D eigenvalue weighted by Crippen LogP contribution is 2.12. The molecule has 0 aliphatic carbocycles. The van der Waals surface area contributed by atoms with Crippen LogP contribution in [0.1, 0.15) is 26.3 Å². The van der Waals surface area contributed by atoms with Crippen molar-refractivity contribution in [2.75, 3.05) is 18.1 Å². The summed E-state index contributed by atoms with van der Waals surface area (Å²) in [6.45, 7) is 4.93. The van der Waals surface area contributed by atoms with Gasteiger partial charge in [-0.15, -0.1) is 0 Å². The van der Waals surface area contributed by atoms with E-state index in [1.807, 2.05) is 30.3 Å². The molecule has 2 atom stereocenters. The number of aliphatic hydroxyl groups is 2. The second-order valence-corrected chi connectivity index (χ2v) is 7.74. The number of benzene rings is 1. The molecule has 0 fully saturated rings. The van der Waals surface area contributed by atoms with Crippen LogP contribution in [0.5, 0.6) is 0 Å². The molecule has 0 aromatic heterocycles. The van der Waals surface area contributed by atoms with Gasteiger partial charge in [-0.2, -0.15) is 11.8 Å². The molecule has 3 N–H and O–H groups in total. The minimum absolute atomic E-state index is 0.0874. The third kappa shape index (κ3) is 9.65. The zero-order chi connectivity index (χ0) is 19.6. The van der Waals surface area contributed by atoms with Gasteiger partial charge in [0.25, 0.3) is 0 Å². The zero-order valence-corrected chi connectivity index (χ0v) is 16.1. The number of amides is 1. The van der Waals surface area contributed by atoms with E-state index >= 15 is 0 Å². The summed E-state index contributed by atoms with van der Waals surface area (Å²) in [5.41, 5.74) is 0.136. The number of thioether (sulfide) groups is 1. The van der Waals surface area contributed by atoms with Crippen molar-refractivity contribution in [3.8, 4) is 0 Å². The zero-order valence-electron chi connectivity index (χ0n) is 15.3. The average molecular weight is 385 g/mol. The van der Waals surface area contributed by atoms with E-state index in [0.717, 1.165) is 5.56 Å². The van der Waals surface area contributed by atoms with E-state index in [1.165, 1.54) is 11.8 Å². The minimum atomic E-state index is -0.923. The summed E-state index contributed by atoms with van der Waals surface area (Å²) in [6.07, 6.45) is -1.61. The van der Waals surface area contributed by atoms with Crippen LogP contribution in [-0.2, 0) is 20.9 Å². The molecular formula is C18H27NO6S. The number of hydrogen-bond acceptors (Lipinski definition) is 7. The Morgan fingerprint density at radius 1 is 1.19 bits per heavy atom. The molecule has 0 saturated heterocycles. The number of alkyl carbamates (subject to hydrolysis) is 1. The van der Waals surface area contributed by atoms with Crippen LogP contribution in [0.2, 0.25) is 0 Å². The highest BCUT2D eigenvalue weighted by molar-refractivity contribution is 7.99. The van der Waals surface area contributed by atoms with Crippen molar-refractivity contribution in [2.24, 2.45) is 0 Å². The molecule has 26 heavy (non-hydrogen) atoms. The summed E-state index contributed by atoms with van der Waals surface area (Å²) in [5, 5.41) is 20.7. The predicted octanol–water partition coefficient (Wildman–Crippen LogP) is 1.71. The van der Waals surface area contributed by atoms with Gasteiger partial charge in [0, 0.05) is 11.5 Å². The Hall–Kier alpha value is -1.77. The molecule has 0 aliphatic rings. The van der Waals surface area contributed by atoms with Crippen molar-refractivity contribution in [2.45, 2.75) is 45.1 Å². The van der Waals surface area contributed by atoms with Gasteiger partial charge in [-0.1, -0.05) is 30.3 Å². The number of hydrogen-bond donors (Lipinski definition) is 3. The van der Waals surface area contributed by atoms with Gasteiger partial charge in [0.15, 0.2) is 0 Å². The normalized spacial score (nSPS) is 13.6. The van der Waals surface area contributed by atoms with E-state index < -0.39 is 29.8 Å². The van der Waals surface area contributed by atoms with Crippen molar-refractivity contribution in [1.82, 2.24) is 5.32 Å². The summed E-state index contributed by atoms with van der Waals surface area (Å²) < 4.78 is 10.4. The Labute approximate surface area is 158 Å². The Morgan fingerprint density at radius 2 is 1.85 bits per heavy atom. The second-order valence-electron chi connectivity index (χ2n) is 6.67. The third-order valence-corrected chi connectivity index (χ3v) is 4.19. The molecule has 1 aromatic carbocycles. The van der Waals surface area contributed by atoms with Gasteiger partial charge in [0.05, 0.1) is 12.7 Å². The molecule has 1 aromatic rings. The van der Waals surface area contributed by atoms with Crippen LogP contribution in [-0.4, -0.2) is 58.1 Å². The minimum Gasteiger partial charge on any atom is -0.458 e. The Balaban J connectivity index is 2.58. The van der Waals surface area contributed by atoms with Gasteiger partial charge in [-0.25, -0.2) is 9.59 Å². The number of rotatable bonds is 9. The lowest BCUT2D eigenvalue weighted by atomic mass is 10.2. The topological polar surface area (TPSA) is 105 Å². The first-order chi connectivity index (χ1) is 12.2. The lowest BCUT2D eigenvalue weighted by Gasteiger charge is -2.24. The standard InChI is InChI=1S/C18H27NO6S/c1-18(2,3)25-16(22)15(12-26-11-14(21)9-20)19-17(23)24-10-13-7-5-4-6-8-13/h4-8,14-15,20-21H,9-12H2,1-3H3,(H,19,23)/t14-,15+/m1/s1. The lowest BCUT2D eigenvalue weighted by Crippen LogP contribution is -2.46. The first kappa shape index (κ1) is 22.3. The van der Waals surface area contributed by atoms with Crippen molar-refractivity contribution in [3.05, 3.63) is 35.9 Å². The van der Waals surface area contributed by atoms with Crippen LogP contribution < -0.4 is 5.32 Å². The maximum atomic E-state index is 12.3. The van der Waals surface area contributed by atoms with Crippen LogP contribution in [0.3, 0.4) is 0 Å². The molecule has 7 nitrogen and oxygen atoms in total. The van der Waals surface area contributed by atoms with E-state index in [2.05, 4.69) is 5.32 Å². The van der Waals surface area contributed by atoms with Gasteiger partial charge in [-0.3, -0.25) is 0 Å². The van der Waals surface area contributed by atoms with E-state index in [9.17, 15) is 14.7 Å². The van der Waals surface area contributed by atoms with Gasteiger partial charge >= 0.3 is 12.1 Å². The quantitative estimate of drug-likeness (QED) is 0.556. The molecular weight excluding hydrogens is 358 g/mol. The van der Waals surface area contributed by atoms with Crippen molar-refractivity contribution in [1.29, 1.82) is 0 Å². The second kappa shape index (κ2) is 11.1.